The molecular formula is C14H19N3O2S2. The minimum absolute atomic E-state index is 0.295. The van der Waals surface area contributed by atoms with Gasteiger partial charge >= 0.3 is 0 Å². The summed E-state index contributed by atoms with van der Waals surface area (Å²) >= 11 is 1.68. The fourth-order valence-corrected chi connectivity index (χ4v) is 5.01. The molecule has 3 rings (SSSR count). The molecule has 1 atom stereocenters. The first-order valence-electron chi connectivity index (χ1n) is 7.11. The molecule has 0 amide bonds. The summed E-state index contributed by atoms with van der Waals surface area (Å²) in [5.41, 5.74) is 2.17. The maximum absolute atomic E-state index is 12.0. The molecule has 0 bridgehead atoms. The SMILES string of the molecule is CCNS(=O)(=O)[C@H]1CCN(Cc2cnc3ccsc3c2)C1. The van der Waals surface area contributed by atoms with Gasteiger partial charge in [-0.05, 0) is 36.0 Å². The molecule has 0 spiro atoms. The van der Waals surface area contributed by atoms with Crippen LogP contribution in [0, 0.1) is 0 Å². The molecule has 2 aromatic heterocycles. The lowest BCUT2D eigenvalue weighted by atomic mass is 10.2. The van der Waals surface area contributed by atoms with Gasteiger partial charge in [-0.2, -0.15) is 0 Å². The molecule has 5 nitrogen and oxygen atoms in total. The molecule has 1 N–H and O–H groups in total. The number of pyridine rings is 1. The molecule has 1 saturated heterocycles. The summed E-state index contributed by atoms with van der Waals surface area (Å²) in [5.74, 6) is 0. The van der Waals surface area contributed by atoms with Crippen LogP contribution in [0.3, 0.4) is 0 Å². The number of aromatic nitrogens is 1. The highest BCUT2D eigenvalue weighted by molar-refractivity contribution is 7.90. The van der Waals surface area contributed by atoms with Crippen LogP contribution in [-0.2, 0) is 16.6 Å². The zero-order chi connectivity index (χ0) is 14.9. The molecular weight excluding hydrogens is 306 g/mol. The van der Waals surface area contributed by atoms with Crippen LogP contribution in [-0.4, -0.2) is 43.2 Å². The first-order valence-corrected chi connectivity index (χ1v) is 9.54. The van der Waals surface area contributed by atoms with Gasteiger partial charge in [-0.15, -0.1) is 11.3 Å². The van der Waals surface area contributed by atoms with E-state index in [1.165, 1.54) is 4.70 Å². The molecule has 1 fully saturated rings. The van der Waals surface area contributed by atoms with E-state index in [4.69, 9.17) is 0 Å². The molecule has 0 unspecified atom stereocenters. The van der Waals surface area contributed by atoms with E-state index in [9.17, 15) is 8.42 Å². The molecule has 3 heterocycles. The minimum atomic E-state index is -3.17. The summed E-state index contributed by atoms with van der Waals surface area (Å²) in [6.45, 7) is 4.44. The van der Waals surface area contributed by atoms with E-state index < -0.39 is 10.0 Å². The molecule has 1 aliphatic rings. The second-order valence-corrected chi connectivity index (χ2v) is 8.33. The highest BCUT2D eigenvalue weighted by Gasteiger charge is 2.32. The lowest BCUT2D eigenvalue weighted by Gasteiger charge is -2.16. The first-order chi connectivity index (χ1) is 10.1. The van der Waals surface area contributed by atoms with Gasteiger partial charge in [0.15, 0.2) is 0 Å². The molecule has 0 aromatic carbocycles. The van der Waals surface area contributed by atoms with Crippen LogP contribution in [0.1, 0.15) is 18.9 Å². The van der Waals surface area contributed by atoms with Crippen LogP contribution in [0.15, 0.2) is 23.7 Å². The Morgan fingerprint density at radius 3 is 3.19 bits per heavy atom. The Labute approximate surface area is 129 Å². The molecule has 0 saturated carbocycles. The van der Waals surface area contributed by atoms with Crippen LogP contribution < -0.4 is 4.72 Å². The molecule has 2 aromatic rings. The quantitative estimate of drug-likeness (QED) is 0.911. The average Bonchev–Trinajstić information content (AvgIpc) is 3.07. The number of sulfonamides is 1. The molecule has 1 aliphatic heterocycles. The Hall–Kier alpha value is -1.02. The topological polar surface area (TPSA) is 62.3 Å². The van der Waals surface area contributed by atoms with Gasteiger partial charge in [0.2, 0.25) is 10.0 Å². The number of rotatable bonds is 5. The van der Waals surface area contributed by atoms with Crippen molar-refractivity contribution in [2.75, 3.05) is 19.6 Å². The summed E-state index contributed by atoms with van der Waals surface area (Å²) in [6, 6.07) is 4.16. The summed E-state index contributed by atoms with van der Waals surface area (Å²) in [7, 11) is -3.17. The lowest BCUT2D eigenvalue weighted by Crippen LogP contribution is -2.36. The van der Waals surface area contributed by atoms with Gasteiger partial charge in [0.25, 0.3) is 0 Å². The fourth-order valence-electron chi connectivity index (χ4n) is 2.74. The van der Waals surface area contributed by atoms with E-state index in [1.807, 2.05) is 24.6 Å². The van der Waals surface area contributed by atoms with Gasteiger partial charge in [-0.25, -0.2) is 13.1 Å². The number of nitrogens with zero attached hydrogens (tertiary/aromatic N) is 2. The monoisotopic (exact) mass is 325 g/mol. The molecule has 7 heteroatoms. The van der Waals surface area contributed by atoms with Gasteiger partial charge in [0.1, 0.15) is 0 Å². The van der Waals surface area contributed by atoms with Gasteiger partial charge in [-0.3, -0.25) is 9.88 Å². The zero-order valence-corrected chi connectivity index (χ0v) is 13.6. The average molecular weight is 325 g/mol. The summed E-state index contributed by atoms with van der Waals surface area (Å²) in [4.78, 5) is 6.62. The van der Waals surface area contributed by atoms with Crippen molar-refractivity contribution in [3.8, 4) is 0 Å². The van der Waals surface area contributed by atoms with E-state index in [-0.39, 0.29) is 5.25 Å². The normalized spacial score (nSPS) is 20.3. The van der Waals surface area contributed by atoms with Crippen molar-refractivity contribution in [2.24, 2.45) is 0 Å². The van der Waals surface area contributed by atoms with Crippen molar-refractivity contribution in [1.82, 2.24) is 14.6 Å². The van der Waals surface area contributed by atoms with Crippen molar-refractivity contribution in [3.05, 3.63) is 29.3 Å². The van der Waals surface area contributed by atoms with Crippen LogP contribution >= 0.6 is 11.3 Å². The fraction of sp³-hybridized carbons (Fsp3) is 0.500. The Balaban J connectivity index is 1.66. The van der Waals surface area contributed by atoms with Crippen LogP contribution in [0.2, 0.25) is 0 Å². The van der Waals surface area contributed by atoms with E-state index in [0.717, 1.165) is 24.2 Å². The predicted octanol–water partition coefficient (Wildman–Crippen LogP) is 1.81. The minimum Gasteiger partial charge on any atom is -0.298 e. The standard InChI is InChI=1S/C14H19N3O2S2/c1-2-16-21(18,19)12-3-5-17(10-12)9-11-7-14-13(15-8-11)4-6-20-14/h4,6-8,12,16H,2-3,5,9-10H2,1H3/t12-/m0/s1. The summed E-state index contributed by atoms with van der Waals surface area (Å²) in [6.07, 6.45) is 2.59. The van der Waals surface area contributed by atoms with Crippen molar-refractivity contribution < 1.29 is 8.42 Å². The van der Waals surface area contributed by atoms with Crippen molar-refractivity contribution >= 4 is 31.6 Å². The maximum atomic E-state index is 12.0. The molecule has 114 valence electrons. The maximum Gasteiger partial charge on any atom is 0.215 e. The number of nitrogens with one attached hydrogen (secondary N) is 1. The number of thiophene rings is 1. The van der Waals surface area contributed by atoms with E-state index in [2.05, 4.69) is 20.7 Å². The Morgan fingerprint density at radius 1 is 1.52 bits per heavy atom. The third kappa shape index (κ3) is 3.26. The van der Waals surface area contributed by atoms with E-state index >= 15 is 0 Å². The van der Waals surface area contributed by atoms with Gasteiger partial charge in [-0.1, -0.05) is 6.92 Å². The van der Waals surface area contributed by atoms with Gasteiger partial charge in [0.05, 0.1) is 15.5 Å². The second-order valence-electron chi connectivity index (χ2n) is 5.34. The van der Waals surface area contributed by atoms with Crippen molar-refractivity contribution in [3.63, 3.8) is 0 Å². The van der Waals surface area contributed by atoms with Crippen molar-refractivity contribution in [2.45, 2.75) is 25.1 Å². The first kappa shape index (κ1) is 14.9. The van der Waals surface area contributed by atoms with Gasteiger partial charge in [0, 0.05) is 25.8 Å². The Bertz CT molecular complexity index is 727. The number of fused-ring (bicyclic) bond motifs is 1. The Kier molecular flexibility index (Phi) is 4.26. The van der Waals surface area contributed by atoms with Crippen LogP contribution in [0.5, 0.6) is 0 Å². The number of likely N-dealkylation sites (tertiary alicyclic amines) is 1. The number of hydrogen-bond acceptors (Lipinski definition) is 5. The van der Waals surface area contributed by atoms with E-state index in [0.29, 0.717) is 19.5 Å². The van der Waals surface area contributed by atoms with Crippen molar-refractivity contribution in [1.29, 1.82) is 0 Å². The zero-order valence-electron chi connectivity index (χ0n) is 11.9. The summed E-state index contributed by atoms with van der Waals surface area (Å²) < 4.78 is 27.8. The Morgan fingerprint density at radius 2 is 2.38 bits per heavy atom. The smallest absolute Gasteiger partial charge is 0.215 e. The number of hydrogen-bond donors (Lipinski definition) is 1. The predicted molar refractivity (Wildman–Crippen MR) is 85.9 cm³/mol. The molecule has 0 radical (unpaired) electrons. The van der Waals surface area contributed by atoms with Crippen LogP contribution in [0.25, 0.3) is 10.2 Å². The van der Waals surface area contributed by atoms with Gasteiger partial charge < -0.3 is 0 Å². The largest absolute Gasteiger partial charge is 0.298 e. The molecule has 21 heavy (non-hydrogen) atoms. The van der Waals surface area contributed by atoms with E-state index in [1.54, 1.807) is 11.3 Å². The highest BCUT2D eigenvalue weighted by Crippen LogP contribution is 2.22. The second kappa shape index (κ2) is 6.00. The van der Waals surface area contributed by atoms with Crippen LogP contribution in [0.4, 0.5) is 0 Å². The third-order valence-electron chi connectivity index (χ3n) is 3.78. The highest BCUT2D eigenvalue weighted by atomic mass is 32.2. The molecule has 0 aliphatic carbocycles. The summed E-state index contributed by atoms with van der Waals surface area (Å²) in [5, 5.41) is 1.74. The lowest BCUT2D eigenvalue weighted by molar-refractivity contribution is 0.331. The third-order valence-corrected chi connectivity index (χ3v) is 6.59.